The van der Waals surface area contributed by atoms with Gasteiger partial charge in [0.2, 0.25) is 0 Å². The van der Waals surface area contributed by atoms with Crippen LogP contribution in [0.4, 0.5) is 5.82 Å². The van der Waals surface area contributed by atoms with E-state index in [0.717, 1.165) is 11.4 Å². The number of aromatic nitrogens is 1. The minimum Gasteiger partial charge on any atom is -0.237 e. The van der Waals surface area contributed by atoms with Crippen LogP contribution in [0.1, 0.15) is 5.56 Å². The maximum absolute atomic E-state index is 4.58. The molecule has 0 aliphatic rings. The van der Waals surface area contributed by atoms with Gasteiger partial charge in [-0.1, -0.05) is 47.1 Å². The van der Waals surface area contributed by atoms with E-state index in [1.807, 2.05) is 48.5 Å². The van der Waals surface area contributed by atoms with Gasteiger partial charge >= 0.3 is 0 Å². The molecule has 92 valence electrons. The third-order valence-electron chi connectivity index (χ3n) is 2.17. The minimum absolute atomic E-state index is 0.0534. The molecule has 3 nitrogen and oxygen atoms in total. The quantitative estimate of drug-likeness (QED) is 0.601. The number of pyridine rings is 1. The van der Waals surface area contributed by atoms with Gasteiger partial charge < -0.3 is 0 Å². The van der Waals surface area contributed by atoms with Crippen LogP contribution in [0.3, 0.4) is 0 Å². The Morgan fingerprint density at radius 1 is 1.00 bits per heavy atom. The van der Waals surface area contributed by atoms with Crippen molar-refractivity contribution in [3.8, 4) is 0 Å². The minimum atomic E-state index is -0.0534. The summed E-state index contributed by atoms with van der Waals surface area (Å²) in [4.78, 5) is 8.72. The number of hydrogen-bond acceptors (Lipinski definition) is 2. The molecule has 4 heteroatoms. The second-order valence-corrected chi connectivity index (χ2v) is 5.58. The van der Waals surface area contributed by atoms with Gasteiger partial charge in [-0.25, -0.2) is 14.3 Å². The van der Waals surface area contributed by atoms with Gasteiger partial charge in [0.05, 0.1) is 0 Å². The highest BCUT2D eigenvalue weighted by Crippen LogP contribution is 2.11. The van der Waals surface area contributed by atoms with Crippen LogP contribution < -0.4 is 0 Å². The summed E-state index contributed by atoms with van der Waals surface area (Å²) in [6, 6.07) is 15.7. The number of aliphatic imine (C=N–C) groups is 1. The molecule has 2 aromatic rings. The third-order valence-corrected chi connectivity index (χ3v) is 2.71. The van der Waals surface area contributed by atoms with Crippen molar-refractivity contribution in [3.63, 3.8) is 0 Å². The summed E-state index contributed by atoms with van der Waals surface area (Å²) < 4.78 is 4.58. The van der Waals surface area contributed by atoms with Crippen LogP contribution in [-0.4, -0.2) is 23.3 Å². The van der Waals surface area contributed by atoms with Crippen LogP contribution in [-0.2, 0) is 10.7 Å². The highest BCUT2D eigenvalue weighted by Gasteiger charge is 2.02. The molecule has 0 atom stereocenters. The van der Waals surface area contributed by atoms with E-state index in [1.165, 1.54) is 0 Å². The summed E-state index contributed by atoms with van der Waals surface area (Å²) in [5, 5.41) is 0. The summed E-state index contributed by atoms with van der Waals surface area (Å²) in [6.07, 6.45) is 5.87. The molecule has 1 heterocycles. The van der Waals surface area contributed by atoms with Crippen LogP contribution in [0.15, 0.2) is 64.1 Å². The maximum Gasteiger partial charge on any atom is 0.168 e. The van der Waals surface area contributed by atoms with Gasteiger partial charge in [0.1, 0.15) is 0 Å². The first-order valence-corrected chi connectivity index (χ1v) is 7.60. The summed E-state index contributed by atoms with van der Waals surface area (Å²) >= 11 is 0. The predicted molar refractivity (Wildman–Crippen MR) is 78.5 cm³/mol. The molecule has 0 radical (unpaired) electrons. The number of nitrogens with zero attached hydrogens (tertiary/aromatic N) is 3. The second-order valence-electron chi connectivity index (χ2n) is 3.85. The fraction of sp³-hybridized carbons (Fsp3) is 0.143. The van der Waals surface area contributed by atoms with Crippen molar-refractivity contribution >= 4 is 22.3 Å². The number of rotatable bonds is 2. The molecular weight excluding hydrogens is 242 g/mol. The Labute approximate surface area is 110 Å². The monoisotopic (exact) mass is 257 g/mol. The first-order chi connectivity index (χ1) is 8.75. The normalized spacial score (nSPS) is 11.6. The molecular formula is C14H15N3S. The second kappa shape index (κ2) is 6.21. The molecule has 18 heavy (non-hydrogen) atoms. The molecule has 0 saturated heterocycles. The van der Waals surface area contributed by atoms with Crippen molar-refractivity contribution in [3.05, 3.63) is 60.3 Å². The van der Waals surface area contributed by atoms with Crippen LogP contribution in [0, 0.1) is 0 Å². The van der Waals surface area contributed by atoms with Crippen LogP contribution in [0.5, 0.6) is 0 Å². The van der Waals surface area contributed by atoms with Gasteiger partial charge in [0.15, 0.2) is 11.7 Å². The summed E-state index contributed by atoms with van der Waals surface area (Å²) in [5.74, 6) is 1.42. The summed E-state index contributed by atoms with van der Waals surface area (Å²) in [6.45, 7) is 0. The number of benzene rings is 1. The van der Waals surface area contributed by atoms with Gasteiger partial charge in [-0.05, 0) is 24.6 Å². The van der Waals surface area contributed by atoms with Crippen LogP contribution in [0.2, 0.25) is 0 Å². The Hall–Kier alpha value is -1.81. The zero-order valence-electron chi connectivity index (χ0n) is 10.4. The number of amidine groups is 1. The van der Waals surface area contributed by atoms with Gasteiger partial charge in [-0.2, -0.15) is 0 Å². The Balaban J connectivity index is 2.44. The molecule has 0 spiro atoms. The maximum atomic E-state index is 4.58. The summed E-state index contributed by atoms with van der Waals surface area (Å²) in [7, 11) is -0.0534. The fourth-order valence-electron chi connectivity index (χ4n) is 1.43. The fourth-order valence-corrected chi connectivity index (χ4v) is 1.92. The molecule has 0 aliphatic carbocycles. The summed E-state index contributed by atoms with van der Waals surface area (Å²) in [5.41, 5.74) is 1.02. The first kappa shape index (κ1) is 12.6. The lowest BCUT2D eigenvalue weighted by molar-refractivity contribution is 1.27. The zero-order chi connectivity index (χ0) is 12.8. The van der Waals surface area contributed by atoms with E-state index < -0.39 is 0 Å². The van der Waals surface area contributed by atoms with E-state index in [1.54, 1.807) is 6.20 Å². The molecule has 0 saturated carbocycles. The van der Waals surface area contributed by atoms with Gasteiger partial charge in [-0.3, -0.25) is 0 Å². The van der Waals surface area contributed by atoms with E-state index in [4.69, 9.17) is 0 Å². The van der Waals surface area contributed by atoms with Crippen LogP contribution in [0.25, 0.3) is 0 Å². The Bertz CT molecular complexity index is 558. The molecule has 0 N–H and O–H groups in total. The van der Waals surface area contributed by atoms with Crippen molar-refractivity contribution in [1.82, 2.24) is 4.98 Å². The zero-order valence-corrected chi connectivity index (χ0v) is 11.3. The van der Waals surface area contributed by atoms with E-state index in [2.05, 4.69) is 26.9 Å². The van der Waals surface area contributed by atoms with E-state index in [0.29, 0.717) is 5.82 Å². The molecule has 0 amide bonds. The highest BCUT2D eigenvalue weighted by molar-refractivity contribution is 7.86. The number of hydrogen-bond donors (Lipinski definition) is 0. The third kappa shape index (κ3) is 3.60. The molecule has 0 aliphatic heterocycles. The molecule has 1 aromatic carbocycles. The van der Waals surface area contributed by atoms with Gasteiger partial charge in [0, 0.05) is 11.8 Å². The Kier molecular flexibility index (Phi) is 4.36. The standard InChI is InChI=1S/C14H15N3S/c1-18(2)17-14(12-8-4-3-5-9-12)16-13-10-6-7-11-15-13/h3-11H,1-2H3/b16-14-. The lowest BCUT2D eigenvalue weighted by Crippen LogP contribution is -1.98. The molecule has 0 bridgehead atoms. The van der Waals surface area contributed by atoms with E-state index in [-0.39, 0.29) is 10.7 Å². The molecule has 0 unspecified atom stereocenters. The SMILES string of the molecule is CS(C)=N/C(=N\c1ccccn1)c1ccccc1. The van der Waals surface area contributed by atoms with Crippen molar-refractivity contribution in [2.75, 3.05) is 12.5 Å². The highest BCUT2D eigenvalue weighted by atomic mass is 32.2. The smallest absolute Gasteiger partial charge is 0.168 e. The largest absolute Gasteiger partial charge is 0.237 e. The molecule has 1 aromatic heterocycles. The molecule has 2 rings (SSSR count). The van der Waals surface area contributed by atoms with Gasteiger partial charge in [0.25, 0.3) is 0 Å². The van der Waals surface area contributed by atoms with Crippen LogP contribution >= 0.6 is 0 Å². The molecule has 0 fully saturated rings. The topological polar surface area (TPSA) is 37.6 Å². The predicted octanol–water partition coefficient (Wildman–Crippen LogP) is 3.22. The van der Waals surface area contributed by atoms with Gasteiger partial charge in [-0.15, -0.1) is 0 Å². The Morgan fingerprint density at radius 2 is 1.72 bits per heavy atom. The van der Waals surface area contributed by atoms with Crippen molar-refractivity contribution in [1.29, 1.82) is 0 Å². The first-order valence-electron chi connectivity index (χ1n) is 5.60. The van der Waals surface area contributed by atoms with Crippen molar-refractivity contribution in [2.45, 2.75) is 0 Å². The van der Waals surface area contributed by atoms with E-state index >= 15 is 0 Å². The van der Waals surface area contributed by atoms with E-state index in [9.17, 15) is 0 Å². The Morgan fingerprint density at radius 3 is 2.33 bits per heavy atom. The lowest BCUT2D eigenvalue weighted by atomic mass is 10.2. The van der Waals surface area contributed by atoms with Crippen molar-refractivity contribution in [2.24, 2.45) is 9.36 Å². The average molecular weight is 257 g/mol. The average Bonchev–Trinajstić information content (AvgIpc) is 2.40. The lowest BCUT2D eigenvalue weighted by Gasteiger charge is -2.02. The van der Waals surface area contributed by atoms with Crippen molar-refractivity contribution < 1.29 is 0 Å².